The fourth-order valence-electron chi connectivity index (χ4n) is 0. The zero-order chi connectivity index (χ0) is 4.28. The van der Waals surface area contributed by atoms with Crippen molar-refractivity contribution in [2.75, 3.05) is 0 Å². The number of hydrogen-bond acceptors (Lipinski definition) is 1. The second-order valence-electron chi connectivity index (χ2n) is 0.443. The van der Waals surface area contributed by atoms with Crippen molar-refractivity contribution >= 4 is 23.5 Å². The highest BCUT2D eigenvalue weighted by Crippen LogP contribution is 1.64. The summed E-state index contributed by atoms with van der Waals surface area (Å²) in [5, 5.41) is 0.944. The Labute approximate surface area is 44.9 Å². The molecule has 0 aliphatic rings. The maximum Gasteiger partial charge on any atom is 0.178 e. The highest BCUT2D eigenvalue weighted by atomic mass is 35.5. The lowest BCUT2D eigenvalue weighted by molar-refractivity contribution is 0.574. The predicted molar refractivity (Wildman–Crippen MR) is 28.2 cm³/mol. The molecule has 1 N–H and O–H groups in total. The van der Waals surface area contributed by atoms with Gasteiger partial charge in [-0.3, -0.25) is 0 Å². The summed E-state index contributed by atoms with van der Waals surface area (Å²) in [6.07, 6.45) is 0. The van der Waals surface area contributed by atoms with E-state index in [-0.39, 0.29) is 12.4 Å². The molecule has 0 rings (SSSR count). The lowest BCUT2D eigenvalue weighted by Gasteiger charge is -1.65. The summed E-state index contributed by atoms with van der Waals surface area (Å²) in [7, 11) is 0. The molecule has 0 spiro atoms. The Kier molecular flexibility index (Phi) is 8.11. The minimum absolute atomic E-state index is 0. The van der Waals surface area contributed by atoms with Crippen LogP contribution in [0.15, 0.2) is 12.0 Å². The molecule has 0 aromatic carbocycles. The Hall–Kier alpha value is 0.140. The van der Waals surface area contributed by atoms with Crippen LogP contribution in [0, 0.1) is 0 Å². The molecule has 0 aliphatic carbocycles. The van der Waals surface area contributed by atoms with Gasteiger partial charge in [0.15, 0.2) is 11.1 Å². The second-order valence-corrected chi connectivity index (χ2v) is 1.33. The quantitative estimate of drug-likeness (QED) is 0.530. The molecule has 1 atom stereocenters. The highest BCUT2D eigenvalue weighted by Gasteiger charge is 1.68. The van der Waals surface area contributed by atoms with Gasteiger partial charge in [0.25, 0.3) is 0 Å². The standard InChI is InChI=1S/C2H4O2S.ClH/c1-2-5(3)4;/h2H,1H2,(H,3,4);1H. The van der Waals surface area contributed by atoms with E-state index in [1.165, 1.54) is 0 Å². The first-order valence-electron chi connectivity index (χ1n) is 0.993. The molecular weight excluding hydrogens is 124 g/mol. The van der Waals surface area contributed by atoms with Gasteiger partial charge in [-0.2, -0.15) is 0 Å². The first-order chi connectivity index (χ1) is 2.27. The summed E-state index contributed by atoms with van der Waals surface area (Å²) in [5.74, 6) is 0. The molecule has 0 amide bonds. The summed E-state index contributed by atoms with van der Waals surface area (Å²) in [6, 6.07) is 0. The van der Waals surface area contributed by atoms with Gasteiger partial charge >= 0.3 is 0 Å². The van der Waals surface area contributed by atoms with Crippen molar-refractivity contribution in [1.82, 2.24) is 0 Å². The maximum atomic E-state index is 9.36. The van der Waals surface area contributed by atoms with E-state index in [0.29, 0.717) is 0 Å². The first-order valence-corrected chi connectivity index (χ1v) is 2.16. The van der Waals surface area contributed by atoms with E-state index in [9.17, 15) is 4.21 Å². The van der Waals surface area contributed by atoms with E-state index in [1.54, 1.807) is 0 Å². The second kappa shape index (κ2) is 5.14. The van der Waals surface area contributed by atoms with Gasteiger partial charge in [0, 0.05) is 5.41 Å². The van der Waals surface area contributed by atoms with Crippen molar-refractivity contribution in [3.63, 3.8) is 0 Å². The normalized spacial score (nSPS) is 11.5. The third-order valence-corrected chi connectivity index (χ3v) is 0.428. The summed E-state index contributed by atoms with van der Waals surface area (Å²) in [5.41, 5.74) is 0. The van der Waals surface area contributed by atoms with E-state index in [0.717, 1.165) is 5.41 Å². The third-order valence-electron chi connectivity index (χ3n) is 0.143. The fourth-order valence-corrected chi connectivity index (χ4v) is 0. The van der Waals surface area contributed by atoms with Crippen LogP contribution in [-0.4, -0.2) is 8.76 Å². The van der Waals surface area contributed by atoms with E-state index >= 15 is 0 Å². The fraction of sp³-hybridized carbons (Fsp3) is 0. The van der Waals surface area contributed by atoms with Crippen molar-refractivity contribution in [2.24, 2.45) is 0 Å². The Balaban J connectivity index is 0. The zero-order valence-corrected chi connectivity index (χ0v) is 4.59. The molecular formula is C2H5ClO2S. The molecule has 0 saturated heterocycles. The van der Waals surface area contributed by atoms with E-state index in [1.807, 2.05) is 0 Å². The van der Waals surface area contributed by atoms with Gasteiger partial charge in [-0.05, 0) is 0 Å². The lowest BCUT2D eigenvalue weighted by atomic mass is 11.3. The third kappa shape index (κ3) is 8.91. The van der Waals surface area contributed by atoms with Crippen molar-refractivity contribution < 1.29 is 8.76 Å². The van der Waals surface area contributed by atoms with Crippen LogP contribution in [0.1, 0.15) is 0 Å². The average Bonchev–Trinajstić information content (AvgIpc) is 1.38. The van der Waals surface area contributed by atoms with Crippen molar-refractivity contribution in [2.45, 2.75) is 0 Å². The summed E-state index contributed by atoms with van der Waals surface area (Å²) in [4.78, 5) is 0. The minimum Gasteiger partial charge on any atom is -0.303 e. The van der Waals surface area contributed by atoms with Crippen LogP contribution in [0.5, 0.6) is 0 Å². The lowest BCUT2D eigenvalue weighted by Crippen LogP contribution is -1.70. The van der Waals surface area contributed by atoms with Gasteiger partial charge in [0.05, 0.1) is 0 Å². The average molecular weight is 129 g/mol. The molecule has 0 aliphatic heterocycles. The Morgan fingerprint density at radius 3 is 2.00 bits per heavy atom. The molecule has 0 radical (unpaired) electrons. The molecule has 0 aromatic rings. The largest absolute Gasteiger partial charge is 0.303 e. The van der Waals surface area contributed by atoms with E-state index in [4.69, 9.17) is 4.55 Å². The van der Waals surface area contributed by atoms with Crippen molar-refractivity contribution in [3.05, 3.63) is 12.0 Å². The summed E-state index contributed by atoms with van der Waals surface area (Å²) < 4.78 is 17.1. The van der Waals surface area contributed by atoms with Crippen LogP contribution in [-0.2, 0) is 11.1 Å². The highest BCUT2D eigenvalue weighted by molar-refractivity contribution is 7.82. The smallest absolute Gasteiger partial charge is 0.178 e. The van der Waals surface area contributed by atoms with Crippen LogP contribution in [0.3, 0.4) is 0 Å². The van der Waals surface area contributed by atoms with Gasteiger partial charge in [-0.15, -0.1) is 12.4 Å². The van der Waals surface area contributed by atoms with Gasteiger partial charge in [0.1, 0.15) is 0 Å². The molecule has 0 saturated carbocycles. The molecule has 6 heavy (non-hydrogen) atoms. The minimum atomic E-state index is -1.81. The van der Waals surface area contributed by atoms with E-state index < -0.39 is 11.1 Å². The van der Waals surface area contributed by atoms with Crippen LogP contribution in [0.2, 0.25) is 0 Å². The summed E-state index contributed by atoms with van der Waals surface area (Å²) >= 11 is -1.81. The zero-order valence-electron chi connectivity index (χ0n) is 2.96. The van der Waals surface area contributed by atoms with Crippen LogP contribution < -0.4 is 0 Å². The van der Waals surface area contributed by atoms with Gasteiger partial charge in [0.2, 0.25) is 0 Å². The monoisotopic (exact) mass is 128 g/mol. The molecule has 0 fully saturated rings. The number of halogens is 1. The van der Waals surface area contributed by atoms with Crippen LogP contribution in [0.25, 0.3) is 0 Å². The first kappa shape index (κ1) is 9.46. The van der Waals surface area contributed by atoms with Gasteiger partial charge in [-0.25, -0.2) is 4.21 Å². The molecule has 0 heterocycles. The van der Waals surface area contributed by atoms with Crippen LogP contribution in [0.4, 0.5) is 0 Å². The Morgan fingerprint density at radius 1 is 1.83 bits per heavy atom. The van der Waals surface area contributed by atoms with Gasteiger partial charge < -0.3 is 4.55 Å². The number of rotatable bonds is 1. The predicted octanol–water partition coefficient (Wildman–Crippen LogP) is 0.773. The maximum absolute atomic E-state index is 9.36. The Morgan fingerprint density at radius 2 is 2.00 bits per heavy atom. The molecule has 2 nitrogen and oxygen atoms in total. The van der Waals surface area contributed by atoms with Crippen molar-refractivity contribution in [3.8, 4) is 0 Å². The molecule has 1 unspecified atom stereocenters. The Bertz CT molecular complexity index is 62.6. The van der Waals surface area contributed by atoms with E-state index in [2.05, 4.69) is 6.58 Å². The summed E-state index contributed by atoms with van der Waals surface area (Å²) in [6.45, 7) is 3.01. The SMILES string of the molecule is C=CS(=O)O.Cl. The topological polar surface area (TPSA) is 37.3 Å². The molecule has 4 heteroatoms. The molecule has 0 bridgehead atoms. The van der Waals surface area contributed by atoms with Gasteiger partial charge in [-0.1, -0.05) is 6.58 Å². The van der Waals surface area contributed by atoms with Crippen LogP contribution >= 0.6 is 12.4 Å². The molecule has 38 valence electrons. The number of hydrogen-bond donors (Lipinski definition) is 1. The van der Waals surface area contributed by atoms with Crippen molar-refractivity contribution in [1.29, 1.82) is 0 Å². The molecule has 0 aromatic heterocycles.